The van der Waals surface area contributed by atoms with Crippen molar-refractivity contribution in [2.75, 3.05) is 31.9 Å². The fraction of sp³-hybridized carbons (Fsp3) is 0.278. The number of nitrogens with two attached hydrogens (primary N) is 1. The average Bonchev–Trinajstić information content (AvgIpc) is 2.59. The number of benzene rings is 2. The number of ether oxygens (including phenoxy) is 3. The van der Waals surface area contributed by atoms with Crippen molar-refractivity contribution in [3.63, 3.8) is 0 Å². The van der Waals surface area contributed by atoms with Crippen molar-refractivity contribution in [2.45, 2.75) is 12.8 Å². The molecule has 0 fully saturated rings. The van der Waals surface area contributed by atoms with Crippen LogP contribution in [0.1, 0.15) is 12.8 Å². The average molecular weight is 367 g/mol. The molecule has 3 N–H and O–H groups in total. The summed E-state index contributed by atoms with van der Waals surface area (Å²) in [7, 11) is 3.16. The van der Waals surface area contributed by atoms with E-state index in [-0.39, 0.29) is 18.3 Å². The smallest absolute Gasteiger partial charge is 0.224 e. The molecule has 7 heteroatoms. The Morgan fingerprint density at radius 3 is 2.32 bits per heavy atom. The van der Waals surface area contributed by atoms with Gasteiger partial charge < -0.3 is 25.3 Å². The van der Waals surface area contributed by atoms with E-state index in [0.717, 1.165) is 11.5 Å². The fourth-order valence-electron chi connectivity index (χ4n) is 2.13. The summed E-state index contributed by atoms with van der Waals surface area (Å²) < 4.78 is 15.7. The van der Waals surface area contributed by atoms with E-state index in [9.17, 15) is 4.79 Å². The largest absolute Gasteiger partial charge is 0.497 e. The monoisotopic (exact) mass is 366 g/mol. The van der Waals surface area contributed by atoms with Gasteiger partial charge in [-0.3, -0.25) is 4.79 Å². The molecule has 0 aliphatic rings. The maximum absolute atomic E-state index is 11.9. The first-order valence-corrected chi connectivity index (χ1v) is 7.62. The molecule has 2 rings (SSSR count). The number of amides is 1. The topological polar surface area (TPSA) is 82.8 Å². The minimum Gasteiger partial charge on any atom is -0.497 e. The Bertz CT molecular complexity index is 677. The van der Waals surface area contributed by atoms with E-state index < -0.39 is 0 Å². The number of methoxy groups -OCH3 is 2. The summed E-state index contributed by atoms with van der Waals surface area (Å²) in [6.45, 7) is 0.463. The van der Waals surface area contributed by atoms with Gasteiger partial charge >= 0.3 is 0 Å². The molecule has 0 aliphatic carbocycles. The normalized spacial score (nSPS) is 9.68. The van der Waals surface area contributed by atoms with Gasteiger partial charge in [-0.15, -0.1) is 12.4 Å². The SMILES string of the molecule is COc1ccc(OCCCC(=O)Nc2ccc(OC)c(N)c2)cc1.Cl. The third-order valence-corrected chi connectivity index (χ3v) is 3.39. The van der Waals surface area contributed by atoms with E-state index in [2.05, 4.69) is 5.32 Å². The molecule has 0 saturated carbocycles. The van der Waals surface area contributed by atoms with Crippen LogP contribution in [0.3, 0.4) is 0 Å². The zero-order valence-corrected chi connectivity index (χ0v) is 15.1. The molecular weight excluding hydrogens is 344 g/mol. The van der Waals surface area contributed by atoms with E-state index in [1.807, 2.05) is 24.3 Å². The summed E-state index contributed by atoms with van der Waals surface area (Å²) in [6, 6.07) is 12.5. The van der Waals surface area contributed by atoms with E-state index in [1.54, 1.807) is 32.4 Å². The number of hydrogen-bond donors (Lipinski definition) is 2. The Morgan fingerprint density at radius 1 is 1.04 bits per heavy atom. The molecule has 0 aliphatic heterocycles. The van der Waals surface area contributed by atoms with Crippen LogP contribution in [0, 0.1) is 0 Å². The van der Waals surface area contributed by atoms with E-state index >= 15 is 0 Å². The molecule has 0 spiro atoms. The number of halogens is 1. The van der Waals surface area contributed by atoms with Gasteiger partial charge in [0.1, 0.15) is 17.2 Å². The van der Waals surface area contributed by atoms with Gasteiger partial charge in [-0.05, 0) is 48.9 Å². The highest BCUT2D eigenvalue weighted by Gasteiger charge is 2.05. The van der Waals surface area contributed by atoms with Crippen LogP contribution < -0.4 is 25.3 Å². The summed E-state index contributed by atoms with van der Waals surface area (Å²) in [4.78, 5) is 11.9. The van der Waals surface area contributed by atoms with Gasteiger partial charge in [0.25, 0.3) is 0 Å². The zero-order valence-electron chi connectivity index (χ0n) is 14.3. The van der Waals surface area contributed by atoms with Crippen molar-refractivity contribution >= 4 is 29.7 Å². The molecule has 6 nitrogen and oxygen atoms in total. The highest BCUT2D eigenvalue weighted by Crippen LogP contribution is 2.24. The van der Waals surface area contributed by atoms with Crippen LogP contribution in [0.25, 0.3) is 0 Å². The maximum atomic E-state index is 11.9. The molecule has 0 radical (unpaired) electrons. The molecule has 1 amide bonds. The lowest BCUT2D eigenvalue weighted by Gasteiger charge is -2.09. The molecule has 25 heavy (non-hydrogen) atoms. The fourth-order valence-corrected chi connectivity index (χ4v) is 2.13. The van der Waals surface area contributed by atoms with Crippen molar-refractivity contribution in [3.8, 4) is 17.2 Å². The predicted molar refractivity (Wildman–Crippen MR) is 101 cm³/mol. The Balaban J connectivity index is 0.00000312. The number of anilines is 2. The van der Waals surface area contributed by atoms with Crippen LogP contribution in [0.2, 0.25) is 0 Å². The molecule has 0 atom stereocenters. The molecule has 2 aromatic carbocycles. The molecule has 0 bridgehead atoms. The minimum atomic E-state index is -0.0853. The number of nitrogens with one attached hydrogen (secondary N) is 1. The van der Waals surface area contributed by atoms with Crippen LogP contribution >= 0.6 is 12.4 Å². The van der Waals surface area contributed by atoms with Crippen molar-refractivity contribution in [1.29, 1.82) is 0 Å². The van der Waals surface area contributed by atoms with Crippen molar-refractivity contribution in [1.82, 2.24) is 0 Å². The number of carbonyl (C=O) groups excluding carboxylic acids is 1. The highest BCUT2D eigenvalue weighted by atomic mass is 35.5. The lowest BCUT2D eigenvalue weighted by Crippen LogP contribution is -2.13. The van der Waals surface area contributed by atoms with Gasteiger partial charge in [-0.2, -0.15) is 0 Å². The lowest BCUT2D eigenvalue weighted by molar-refractivity contribution is -0.116. The predicted octanol–water partition coefficient (Wildman–Crippen LogP) is 3.51. The zero-order chi connectivity index (χ0) is 17.4. The van der Waals surface area contributed by atoms with Crippen LogP contribution in [-0.4, -0.2) is 26.7 Å². The molecule has 136 valence electrons. The van der Waals surface area contributed by atoms with Crippen molar-refractivity contribution in [3.05, 3.63) is 42.5 Å². The Hall–Kier alpha value is -2.60. The Morgan fingerprint density at radius 2 is 1.72 bits per heavy atom. The summed E-state index contributed by atoms with van der Waals surface area (Å²) in [6.07, 6.45) is 0.978. The van der Waals surface area contributed by atoms with Crippen molar-refractivity contribution < 1.29 is 19.0 Å². The molecule has 0 heterocycles. The van der Waals surface area contributed by atoms with Gasteiger partial charge in [-0.25, -0.2) is 0 Å². The number of nitrogen functional groups attached to an aromatic ring is 1. The quantitative estimate of drug-likeness (QED) is 0.551. The second-order valence-electron chi connectivity index (χ2n) is 5.13. The Labute approximate surface area is 153 Å². The standard InChI is InChI=1S/C18H22N2O4.ClH/c1-22-14-6-8-15(9-7-14)24-11-3-4-18(21)20-13-5-10-17(23-2)16(19)12-13;/h5-10,12H,3-4,11,19H2,1-2H3,(H,20,21);1H. The van der Waals surface area contributed by atoms with E-state index in [4.69, 9.17) is 19.9 Å². The third-order valence-electron chi connectivity index (χ3n) is 3.39. The Kier molecular flexibility index (Phi) is 8.43. The van der Waals surface area contributed by atoms with E-state index in [1.165, 1.54) is 0 Å². The number of carbonyl (C=O) groups is 1. The second-order valence-corrected chi connectivity index (χ2v) is 5.13. The minimum absolute atomic E-state index is 0. The van der Waals surface area contributed by atoms with Gasteiger partial charge in [0, 0.05) is 12.1 Å². The first-order valence-electron chi connectivity index (χ1n) is 7.62. The molecule has 0 saturated heterocycles. The molecule has 2 aromatic rings. The van der Waals surface area contributed by atoms with Crippen LogP contribution in [-0.2, 0) is 4.79 Å². The summed E-state index contributed by atoms with van der Waals surface area (Å²) in [5.41, 5.74) is 6.94. The first kappa shape index (κ1) is 20.4. The first-order chi connectivity index (χ1) is 11.6. The van der Waals surface area contributed by atoms with Crippen LogP contribution in [0.4, 0.5) is 11.4 Å². The summed E-state index contributed by atoms with van der Waals surface area (Å²) in [5.74, 6) is 2.03. The van der Waals surface area contributed by atoms with Crippen molar-refractivity contribution in [2.24, 2.45) is 0 Å². The van der Waals surface area contributed by atoms with Gasteiger partial charge in [0.05, 0.1) is 26.5 Å². The summed E-state index contributed by atoms with van der Waals surface area (Å²) >= 11 is 0. The molecular formula is C18H23ClN2O4. The number of hydrogen-bond acceptors (Lipinski definition) is 5. The lowest BCUT2D eigenvalue weighted by atomic mass is 10.2. The summed E-state index contributed by atoms with van der Waals surface area (Å²) in [5, 5.41) is 2.80. The second kappa shape index (κ2) is 10.3. The number of rotatable bonds is 8. The van der Waals surface area contributed by atoms with Gasteiger partial charge in [-0.1, -0.05) is 0 Å². The molecule has 0 aromatic heterocycles. The van der Waals surface area contributed by atoms with Gasteiger partial charge in [0.2, 0.25) is 5.91 Å². The molecule has 0 unspecified atom stereocenters. The van der Waals surface area contributed by atoms with Crippen LogP contribution in [0.15, 0.2) is 42.5 Å². The van der Waals surface area contributed by atoms with Crippen LogP contribution in [0.5, 0.6) is 17.2 Å². The third kappa shape index (κ3) is 6.43. The van der Waals surface area contributed by atoms with Gasteiger partial charge in [0.15, 0.2) is 0 Å². The maximum Gasteiger partial charge on any atom is 0.224 e. The highest BCUT2D eigenvalue weighted by molar-refractivity contribution is 5.91. The van der Waals surface area contributed by atoms with E-state index in [0.29, 0.717) is 36.6 Å².